The standard InChI is InChI=1S/C29H33ClFN3O4S/c1-20(2)17-32-29(36)22(4)33(18-23-11-14-25(31)15-12-23)28(35)19-34(27-16-24(30)13-10-21(27)3)39(37,38)26-8-6-5-7-9-26/h5-16,20,22H,17-19H2,1-4H3,(H,32,36)/t22-/m0/s1. The second kappa shape index (κ2) is 13.1. The molecule has 0 aromatic heterocycles. The number of hydrogen-bond acceptors (Lipinski definition) is 4. The summed E-state index contributed by atoms with van der Waals surface area (Å²) in [5.74, 6) is -1.23. The maximum absolute atomic E-state index is 13.9. The summed E-state index contributed by atoms with van der Waals surface area (Å²) in [7, 11) is -4.19. The molecule has 0 heterocycles. The molecule has 0 unspecified atom stereocenters. The number of benzene rings is 3. The molecule has 0 fully saturated rings. The molecule has 0 radical (unpaired) electrons. The van der Waals surface area contributed by atoms with Crippen molar-refractivity contribution in [2.45, 2.75) is 45.2 Å². The first kappa shape index (κ1) is 30.1. The van der Waals surface area contributed by atoms with E-state index in [0.29, 0.717) is 22.7 Å². The number of anilines is 1. The van der Waals surface area contributed by atoms with Crippen molar-refractivity contribution in [3.63, 3.8) is 0 Å². The van der Waals surface area contributed by atoms with Crippen molar-refractivity contribution in [3.05, 3.63) is 94.8 Å². The van der Waals surface area contributed by atoms with Gasteiger partial charge in [0.05, 0.1) is 10.6 Å². The van der Waals surface area contributed by atoms with Gasteiger partial charge in [0.15, 0.2) is 0 Å². The van der Waals surface area contributed by atoms with E-state index in [1.165, 1.54) is 47.4 Å². The number of amides is 2. The van der Waals surface area contributed by atoms with Crippen LogP contribution in [0.2, 0.25) is 5.02 Å². The molecule has 3 aromatic carbocycles. The fourth-order valence-electron chi connectivity index (χ4n) is 3.91. The Morgan fingerprint density at radius 2 is 1.62 bits per heavy atom. The number of halogens is 2. The van der Waals surface area contributed by atoms with Gasteiger partial charge >= 0.3 is 0 Å². The first-order valence-corrected chi connectivity index (χ1v) is 14.4. The molecule has 7 nitrogen and oxygen atoms in total. The van der Waals surface area contributed by atoms with Crippen molar-refractivity contribution in [1.82, 2.24) is 10.2 Å². The molecular formula is C29H33ClFN3O4S. The first-order valence-electron chi connectivity index (χ1n) is 12.6. The fourth-order valence-corrected chi connectivity index (χ4v) is 5.56. The zero-order chi connectivity index (χ0) is 28.7. The van der Waals surface area contributed by atoms with E-state index in [4.69, 9.17) is 11.6 Å². The van der Waals surface area contributed by atoms with Gasteiger partial charge in [0, 0.05) is 18.1 Å². The summed E-state index contributed by atoms with van der Waals surface area (Å²) in [6.07, 6.45) is 0. The number of nitrogens with zero attached hydrogens (tertiary/aromatic N) is 2. The van der Waals surface area contributed by atoms with Gasteiger partial charge in [0.2, 0.25) is 11.8 Å². The highest BCUT2D eigenvalue weighted by atomic mass is 35.5. The molecule has 39 heavy (non-hydrogen) atoms. The lowest BCUT2D eigenvalue weighted by molar-refractivity contribution is -0.139. The van der Waals surface area contributed by atoms with Crippen LogP contribution in [0.5, 0.6) is 0 Å². The highest BCUT2D eigenvalue weighted by Gasteiger charge is 2.33. The molecule has 0 aliphatic carbocycles. The fraction of sp³-hybridized carbons (Fsp3) is 0.310. The monoisotopic (exact) mass is 573 g/mol. The van der Waals surface area contributed by atoms with Crippen LogP contribution in [0.15, 0.2) is 77.7 Å². The van der Waals surface area contributed by atoms with Gasteiger partial charge in [-0.15, -0.1) is 0 Å². The minimum absolute atomic E-state index is 0.00462. The predicted molar refractivity (Wildman–Crippen MR) is 151 cm³/mol. The number of carbonyl (C=O) groups excluding carboxylic acids is 2. The summed E-state index contributed by atoms with van der Waals surface area (Å²) in [6.45, 7) is 7.01. The number of carbonyl (C=O) groups is 2. The number of rotatable bonds is 11. The van der Waals surface area contributed by atoms with Crippen LogP contribution < -0.4 is 9.62 Å². The molecule has 0 aliphatic heterocycles. The number of nitrogens with one attached hydrogen (secondary N) is 1. The lowest BCUT2D eigenvalue weighted by Gasteiger charge is -2.32. The van der Waals surface area contributed by atoms with Crippen molar-refractivity contribution >= 4 is 39.1 Å². The lowest BCUT2D eigenvalue weighted by Crippen LogP contribution is -2.51. The van der Waals surface area contributed by atoms with Crippen LogP contribution in [0.25, 0.3) is 0 Å². The van der Waals surface area contributed by atoms with Crippen LogP contribution in [-0.2, 0) is 26.2 Å². The molecule has 0 spiro atoms. The van der Waals surface area contributed by atoms with Crippen LogP contribution in [0.1, 0.15) is 31.9 Å². The smallest absolute Gasteiger partial charge is 0.264 e. The van der Waals surface area contributed by atoms with Gasteiger partial charge in [-0.3, -0.25) is 13.9 Å². The largest absolute Gasteiger partial charge is 0.354 e. The molecule has 1 atom stereocenters. The van der Waals surface area contributed by atoms with Gasteiger partial charge in [-0.2, -0.15) is 0 Å². The molecule has 0 saturated heterocycles. The van der Waals surface area contributed by atoms with Gasteiger partial charge < -0.3 is 10.2 Å². The van der Waals surface area contributed by atoms with E-state index in [-0.39, 0.29) is 29.0 Å². The third-order valence-electron chi connectivity index (χ3n) is 6.17. The predicted octanol–water partition coefficient (Wildman–Crippen LogP) is 5.17. The Morgan fingerprint density at radius 1 is 0.974 bits per heavy atom. The zero-order valence-electron chi connectivity index (χ0n) is 22.4. The molecule has 0 aliphatic rings. The Kier molecular flexibility index (Phi) is 10.1. The van der Waals surface area contributed by atoms with Gasteiger partial charge in [-0.1, -0.05) is 61.8 Å². The van der Waals surface area contributed by atoms with E-state index in [1.807, 2.05) is 13.8 Å². The minimum atomic E-state index is -4.19. The third kappa shape index (κ3) is 7.80. The summed E-state index contributed by atoms with van der Waals surface area (Å²) in [5.41, 5.74) is 1.43. The average molecular weight is 574 g/mol. The van der Waals surface area contributed by atoms with Crippen LogP contribution in [0, 0.1) is 18.7 Å². The summed E-state index contributed by atoms with van der Waals surface area (Å²) in [5, 5.41) is 3.13. The maximum atomic E-state index is 13.9. The van der Waals surface area contributed by atoms with Gasteiger partial charge in [0.1, 0.15) is 18.4 Å². The van der Waals surface area contributed by atoms with Crippen molar-refractivity contribution in [1.29, 1.82) is 0 Å². The second-order valence-corrected chi connectivity index (χ2v) is 12.0. The second-order valence-electron chi connectivity index (χ2n) is 9.72. The van der Waals surface area contributed by atoms with E-state index >= 15 is 0 Å². The summed E-state index contributed by atoms with van der Waals surface area (Å²) < 4.78 is 42.2. The Balaban J connectivity index is 2.03. The maximum Gasteiger partial charge on any atom is 0.264 e. The quantitative estimate of drug-likeness (QED) is 0.343. The number of sulfonamides is 1. The minimum Gasteiger partial charge on any atom is -0.354 e. The highest BCUT2D eigenvalue weighted by molar-refractivity contribution is 7.92. The Morgan fingerprint density at radius 3 is 2.23 bits per heavy atom. The van der Waals surface area contributed by atoms with Crippen LogP contribution in [-0.4, -0.2) is 44.3 Å². The first-order chi connectivity index (χ1) is 18.4. The SMILES string of the molecule is Cc1ccc(Cl)cc1N(CC(=O)N(Cc1ccc(F)cc1)[C@@H](C)C(=O)NCC(C)C)S(=O)(=O)c1ccccc1. The lowest BCUT2D eigenvalue weighted by atomic mass is 10.1. The average Bonchev–Trinajstić information content (AvgIpc) is 2.91. The van der Waals surface area contributed by atoms with E-state index in [1.54, 1.807) is 44.2 Å². The highest BCUT2D eigenvalue weighted by Crippen LogP contribution is 2.30. The van der Waals surface area contributed by atoms with E-state index in [2.05, 4.69) is 5.32 Å². The Bertz CT molecular complexity index is 1400. The van der Waals surface area contributed by atoms with Gasteiger partial charge in [0.25, 0.3) is 10.0 Å². The Labute approximate surface area is 234 Å². The van der Waals surface area contributed by atoms with Crippen molar-refractivity contribution < 1.29 is 22.4 Å². The van der Waals surface area contributed by atoms with Gasteiger partial charge in [-0.05, 0) is 67.3 Å². The zero-order valence-corrected chi connectivity index (χ0v) is 24.0. The molecule has 208 valence electrons. The molecule has 2 amide bonds. The van der Waals surface area contributed by atoms with Crippen molar-refractivity contribution in [3.8, 4) is 0 Å². The molecule has 10 heteroatoms. The topological polar surface area (TPSA) is 86.8 Å². The van der Waals surface area contributed by atoms with Crippen LogP contribution in [0.3, 0.4) is 0 Å². The van der Waals surface area contributed by atoms with Crippen LogP contribution in [0.4, 0.5) is 10.1 Å². The van der Waals surface area contributed by atoms with Crippen molar-refractivity contribution in [2.24, 2.45) is 5.92 Å². The molecule has 3 aromatic rings. The molecule has 0 saturated carbocycles. The van der Waals surface area contributed by atoms with Crippen LogP contribution >= 0.6 is 11.6 Å². The molecule has 0 bridgehead atoms. The van der Waals surface area contributed by atoms with E-state index < -0.39 is 34.3 Å². The molecular weight excluding hydrogens is 541 g/mol. The molecule has 1 N–H and O–H groups in total. The van der Waals surface area contributed by atoms with Crippen molar-refractivity contribution in [2.75, 3.05) is 17.4 Å². The van der Waals surface area contributed by atoms with E-state index in [0.717, 1.165) is 4.31 Å². The van der Waals surface area contributed by atoms with E-state index in [9.17, 15) is 22.4 Å². The number of hydrogen-bond donors (Lipinski definition) is 1. The third-order valence-corrected chi connectivity index (χ3v) is 8.18. The van der Waals surface area contributed by atoms with Gasteiger partial charge in [-0.25, -0.2) is 12.8 Å². The summed E-state index contributed by atoms with van der Waals surface area (Å²) in [4.78, 5) is 28.2. The molecule has 3 rings (SSSR count). The summed E-state index contributed by atoms with van der Waals surface area (Å²) >= 11 is 6.23. The normalized spacial score (nSPS) is 12.2. The Hall–Kier alpha value is -3.43. The summed E-state index contributed by atoms with van der Waals surface area (Å²) in [6, 6.07) is 17.2. The number of aryl methyl sites for hydroxylation is 1.